The molecule has 90 valence electrons. The van der Waals surface area contributed by atoms with Gasteiger partial charge in [0, 0.05) is 0 Å². The van der Waals surface area contributed by atoms with Gasteiger partial charge in [0.15, 0.2) is 5.82 Å². The van der Waals surface area contributed by atoms with Crippen molar-refractivity contribution in [1.82, 2.24) is 20.6 Å². The van der Waals surface area contributed by atoms with E-state index in [9.17, 15) is 0 Å². The van der Waals surface area contributed by atoms with Crippen LogP contribution in [-0.4, -0.2) is 20.6 Å². The van der Waals surface area contributed by atoms with E-state index < -0.39 is 0 Å². The standard InChI is InChI=1S/C11H21N5/c1-2-4-9-5-3-7-11(12,8-6-9)10-13-15-16-14-10/h9H,2-8,12H2,1H3,(H,13,14,15,16). The lowest BCUT2D eigenvalue weighted by Crippen LogP contribution is -2.37. The van der Waals surface area contributed by atoms with Gasteiger partial charge in [-0.15, -0.1) is 10.2 Å². The molecule has 1 heterocycles. The molecule has 0 aromatic carbocycles. The lowest BCUT2D eigenvalue weighted by atomic mass is 9.89. The summed E-state index contributed by atoms with van der Waals surface area (Å²) < 4.78 is 0. The highest BCUT2D eigenvalue weighted by molar-refractivity contribution is 5.02. The number of aromatic nitrogens is 4. The summed E-state index contributed by atoms with van der Waals surface area (Å²) in [5, 5.41) is 14.2. The van der Waals surface area contributed by atoms with Crippen molar-refractivity contribution in [2.24, 2.45) is 11.7 Å². The van der Waals surface area contributed by atoms with Gasteiger partial charge in [-0.1, -0.05) is 37.8 Å². The molecule has 5 nitrogen and oxygen atoms in total. The Bertz CT molecular complexity index is 310. The number of hydrogen-bond donors (Lipinski definition) is 2. The van der Waals surface area contributed by atoms with Crippen LogP contribution in [0.5, 0.6) is 0 Å². The van der Waals surface area contributed by atoms with Crippen LogP contribution in [-0.2, 0) is 5.54 Å². The second kappa shape index (κ2) is 4.91. The number of H-pyrrole nitrogens is 1. The quantitative estimate of drug-likeness (QED) is 0.765. The third kappa shape index (κ3) is 2.40. The molecule has 1 aliphatic carbocycles. The van der Waals surface area contributed by atoms with Gasteiger partial charge in [0.25, 0.3) is 0 Å². The van der Waals surface area contributed by atoms with Crippen molar-refractivity contribution in [3.05, 3.63) is 5.82 Å². The molecule has 1 saturated carbocycles. The van der Waals surface area contributed by atoms with E-state index >= 15 is 0 Å². The maximum absolute atomic E-state index is 6.40. The summed E-state index contributed by atoms with van der Waals surface area (Å²) in [5.74, 6) is 1.52. The number of rotatable bonds is 3. The maximum atomic E-state index is 6.40. The molecule has 0 radical (unpaired) electrons. The normalized spacial score (nSPS) is 31.2. The van der Waals surface area contributed by atoms with Crippen molar-refractivity contribution in [3.8, 4) is 0 Å². The van der Waals surface area contributed by atoms with Crippen LogP contribution < -0.4 is 5.73 Å². The molecule has 0 spiro atoms. The van der Waals surface area contributed by atoms with Crippen LogP contribution in [0.1, 0.15) is 57.7 Å². The largest absolute Gasteiger partial charge is 0.319 e. The van der Waals surface area contributed by atoms with Crippen molar-refractivity contribution in [2.45, 2.75) is 57.4 Å². The Hall–Kier alpha value is -0.970. The highest BCUT2D eigenvalue weighted by atomic mass is 15.5. The van der Waals surface area contributed by atoms with Gasteiger partial charge in [-0.25, -0.2) is 0 Å². The number of nitrogens with two attached hydrogens (primary N) is 1. The average molecular weight is 223 g/mol. The van der Waals surface area contributed by atoms with Crippen molar-refractivity contribution >= 4 is 0 Å². The highest BCUT2D eigenvalue weighted by Crippen LogP contribution is 2.35. The molecule has 0 bridgehead atoms. The minimum atomic E-state index is -0.352. The predicted octanol–water partition coefficient (Wildman–Crippen LogP) is 1.73. The number of nitrogens with zero attached hydrogens (tertiary/aromatic N) is 3. The molecule has 2 rings (SSSR count). The van der Waals surface area contributed by atoms with E-state index in [-0.39, 0.29) is 5.54 Å². The first-order valence-electron chi connectivity index (χ1n) is 6.27. The molecule has 0 aliphatic heterocycles. The monoisotopic (exact) mass is 223 g/mol. The van der Waals surface area contributed by atoms with Crippen molar-refractivity contribution in [2.75, 3.05) is 0 Å². The molecule has 1 fully saturated rings. The van der Waals surface area contributed by atoms with Crippen LogP contribution in [0.15, 0.2) is 0 Å². The molecule has 2 unspecified atom stereocenters. The number of tetrazole rings is 1. The minimum absolute atomic E-state index is 0.352. The molecule has 1 aliphatic rings. The van der Waals surface area contributed by atoms with E-state index in [2.05, 4.69) is 27.5 Å². The van der Waals surface area contributed by atoms with Crippen molar-refractivity contribution < 1.29 is 0 Å². The van der Waals surface area contributed by atoms with Crippen LogP contribution in [0, 0.1) is 5.92 Å². The summed E-state index contributed by atoms with van der Waals surface area (Å²) in [6.07, 6.45) is 8.22. The fraction of sp³-hybridized carbons (Fsp3) is 0.909. The van der Waals surface area contributed by atoms with E-state index in [4.69, 9.17) is 5.73 Å². The predicted molar refractivity (Wildman–Crippen MR) is 61.5 cm³/mol. The number of aromatic amines is 1. The molecule has 5 heteroatoms. The molecule has 0 amide bonds. The van der Waals surface area contributed by atoms with Crippen LogP contribution in [0.3, 0.4) is 0 Å². The fourth-order valence-electron chi connectivity index (χ4n) is 2.73. The molecule has 0 saturated heterocycles. The zero-order valence-corrected chi connectivity index (χ0v) is 9.95. The first-order valence-corrected chi connectivity index (χ1v) is 6.27. The first-order chi connectivity index (χ1) is 7.74. The SMILES string of the molecule is CCCC1CCCC(N)(c2nn[nH]n2)CC1. The fourth-order valence-corrected chi connectivity index (χ4v) is 2.73. The zero-order chi connectivity index (χ0) is 11.4. The van der Waals surface area contributed by atoms with Gasteiger partial charge in [0.05, 0.1) is 5.54 Å². The van der Waals surface area contributed by atoms with Gasteiger partial charge in [-0.2, -0.15) is 5.21 Å². The molecule has 16 heavy (non-hydrogen) atoms. The van der Waals surface area contributed by atoms with Gasteiger partial charge >= 0.3 is 0 Å². The Morgan fingerprint density at radius 3 is 3.00 bits per heavy atom. The summed E-state index contributed by atoms with van der Waals surface area (Å²) in [6.45, 7) is 2.25. The second-order valence-electron chi connectivity index (χ2n) is 4.98. The van der Waals surface area contributed by atoms with Gasteiger partial charge in [0.2, 0.25) is 0 Å². The van der Waals surface area contributed by atoms with E-state index in [1.54, 1.807) is 0 Å². The van der Waals surface area contributed by atoms with Crippen LogP contribution >= 0.6 is 0 Å². The number of nitrogens with one attached hydrogen (secondary N) is 1. The molecule has 3 N–H and O–H groups in total. The number of hydrogen-bond acceptors (Lipinski definition) is 4. The first kappa shape index (κ1) is 11.5. The molecule has 1 aromatic heterocycles. The minimum Gasteiger partial charge on any atom is -0.319 e. The van der Waals surface area contributed by atoms with E-state index in [0.29, 0.717) is 5.82 Å². The lowest BCUT2D eigenvalue weighted by Gasteiger charge is -2.23. The molecular formula is C11H21N5. The highest BCUT2D eigenvalue weighted by Gasteiger charge is 2.34. The van der Waals surface area contributed by atoms with E-state index in [0.717, 1.165) is 18.8 Å². The summed E-state index contributed by atoms with van der Waals surface area (Å²) in [5.41, 5.74) is 6.05. The Morgan fingerprint density at radius 2 is 2.31 bits per heavy atom. The van der Waals surface area contributed by atoms with E-state index in [1.165, 1.54) is 32.1 Å². The maximum Gasteiger partial charge on any atom is 0.194 e. The second-order valence-corrected chi connectivity index (χ2v) is 4.98. The van der Waals surface area contributed by atoms with Crippen LogP contribution in [0.4, 0.5) is 0 Å². The third-order valence-electron chi connectivity index (χ3n) is 3.72. The zero-order valence-electron chi connectivity index (χ0n) is 9.95. The van der Waals surface area contributed by atoms with Gasteiger partial charge in [0.1, 0.15) is 0 Å². The summed E-state index contributed by atoms with van der Waals surface area (Å²) in [7, 11) is 0. The van der Waals surface area contributed by atoms with Crippen molar-refractivity contribution in [1.29, 1.82) is 0 Å². The molecule has 1 aromatic rings. The Kier molecular flexibility index (Phi) is 3.53. The Labute approximate surface area is 96.2 Å². The topological polar surface area (TPSA) is 80.5 Å². The van der Waals surface area contributed by atoms with Gasteiger partial charge in [-0.3, -0.25) is 0 Å². The van der Waals surface area contributed by atoms with Crippen LogP contribution in [0.25, 0.3) is 0 Å². The summed E-state index contributed by atoms with van der Waals surface area (Å²) in [6, 6.07) is 0. The average Bonchev–Trinajstić information content (AvgIpc) is 2.74. The summed E-state index contributed by atoms with van der Waals surface area (Å²) in [4.78, 5) is 0. The molecular weight excluding hydrogens is 202 g/mol. The Balaban J connectivity index is 2.02. The molecule has 2 atom stereocenters. The van der Waals surface area contributed by atoms with Gasteiger partial charge in [-0.05, 0) is 25.2 Å². The lowest BCUT2D eigenvalue weighted by molar-refractivity contribution is 0.349. The third-order valence-corrected chi connectivity index (χ3v) is 3.72. The van der Waals surface area contributed by atoms with Crippen LogP contribution in [0.2, 0.25) is 0 Å². The van der Waals surface area contributed by atoms with Gasteiger partial charge < -0.3 is 5.73 Å². The summed E-state index contributed by atoms with van der Waals surface area (Å²) >= 11 is 0. The van der Waals surface area contributed by atoms with Crippen molar-refractivity contribution in [3.63, 3.8) is 0 Å². The van der Waals surface area contributed by atoms with E-state index in [1.807, 2.05) is 0 Å². The smallest absolute Gasteiger partial charge is 0.194 e. The Morgan fingerprint density at radius 1 is 1.44 bits per heavy atom.